The molecular formula is C14H15N5. The first-order valence-electron chi connectivity index (χ1n) is 6.21. The summed E-state index contributed by atoms with van der Waals surface area (Å²) in [5.41, 5.74) is 2.15. The number of nitrogens with one attached hydrogen (secondary N) is 1. The van der Waals surface area contributed by atoms with Crippen molar-refractivity contribution in [2.45, 2.75) is 20.4 Å². The molecule has 0 unspecified atom stereocenters. The smallest absolute Gasteiger partial charge is 0.254 e. The molecular weight excluding hydrogens is 238 g/mol. The maximum Gasteiger partial charge on any atom is 0.254 e. The van der Waals surface area contributed by atoms with E-state index in [2.05, 4.69) is 32.5 Å². The van der Waals surface area contributed by atoms with Crippen LogP contribution in [-0.4, -0.2) is 19.6 Å². The summed E-state index contributed by atoms with van der Waals surface area (Å²) < 4.78 is 1.74. The molecule has 0 amide bonds. The zero-order chi connectivity index (χ0) is 13.2. The average molecular weight is 253 g/mol. The van der Waals surface area contributed by atoms with Gasteiger partial charge in [-0.25, -0.2) is 4.98 Å². The Morgan fingerprint density at radius 2 is 1.89 bits per heavy atom. The summed E-state index contributed by atoms with van der Waals surface area (Å²) in [6.07, 6.45) is 0. The van der Waals surface area contributed by atoms with Crippen LogP contribution >= 0.6 is 0 Å². The molecule has 0 atom stereocenters. The summed E-state index contributed by atoms with van der Waals surface area (Å²) in [6.45, 7) is 4.57. The monoisotopic (exact) mass is 253 g/mol. The van der Waals surface area contributed by atoms with Crippen molar-refractivity contribution in [2.75, 3.05) is 5.32 Å². The second-order valence-corrected chi connectivity index (χ2v) is 4.49. The molecule has 0 fully saturated rings. The molecule has 19 heavy (non-hydrogen) atoms. The molecule has 2 aromatic heterocycles. The van der Waals surface area contributed by atoms with Crippen LogP contribution < -0.4 is 5.32 Å². The highest BCUT2D eigenvalue weighted by Crippen LogP contribution is 2.12. The molecule has 5 nitrogen and oxygen atoms in total. The molecule has 3 rings (SSSR count). The Balaban J connectivity index is 1.92. The van der Waals surface area contributed by atoms with Crippen molar-refractivity contribution in [2.24, 2.45) is 0 Å². The predicted molar refractivity (Wildman–Crippen MR) is 74.0 cm³/mol. The number of fused-ring (bicyclic) bond motifs is 1. The van der Waals surface area contributed by atoms with Gasteiger partial charge in [0.15, 0.2) is 0 Å². The van der Waals surface area contributed by atoms with Crippen molar-refractivity contribution in [3.8, 4) is 0 Å². The van der Waals surface area contributed by atoms with Crippen LogP contribution in [0.15, 0.2) is 36.4 Å². The fraction of sp³-hybridized carbons (Fsp3) is 0.214. The molecule has 0 aliphatic heterocycles. The number of hydrogen-bond acceptors (Lipinski definition) is 4. The van der Waals surface area contributed by atoms with Gasteiger partial charge in [0.05, 0.1) is 0 Å². The lowest BCUT2D eigenvalue weighted by molar-refractivity contribution is 0.900. The zero-order valence-corrected chi connectivity index (χ0v) is 11.0. The molecule has 5 heteroatoms. The van der Waals surface area contributed by atoms with E-state index in [9.17, 15) is 0 Å². The van der Waals surface area contributed by atoms with Crippen LogP contribution in [0, 0.1) is 13.8 Å². The first-order valence-corrected chi connectivity index (χ1v) is 6.21. The third-order valence-corrected chi connectivity index (χ3v) is 2.86. The number of hydrogen-bond donors (Lipinski definition) is 1. The van der Waals surface area contributed by atoms with E-state index in [1.807, 2.05) is 38.1 Å². The Hall–Kier alpha value is -2.43. The van der Waals surface area contributed by atoms with Crippen molar-refractivity contribution in [3.63, 3.8) is 0 Å². The highest BCUT2D eigenvalue weighted by Gasteiger charge is 2.07. The standard InChI is InChI=1S/C14H15N5/c1-10-8-13(15-9-12-6-4-3-5-7-12)19-14(16-10)17-11(2)18-19/h3-8,15H,9H2,1-2H3. The molecule has 0 bridgehead atoms. The summed E-state index contributed by atoms with van der Waals surface area (Å²) >= 11 is 0. The summed E-state index contributed by atoms with van der Waals surface area (Å²) in [5, 5.41) is 7.73. The fourth-order valence-corrected chi connectivity index (χ4v) is 2.00. The maximum absolute atomic E-state index is 4.36. The van der Waals surface area contributed by atoms with Gasteiger partial charge in [-0.3, -0.25) is 0 Å². The first-order chi connectivity index (χ1) is 9.22. The van der Waals surface area contributed by atoms with Gasteiger partial charge in [0, 0.05) is 18.3 Å². The third-order valence-electron chi connectivity index (χ3n) is 2.86. The van der Waals surface area contributed by atoms with Crippen LogP contribution in [0.5, 0.6) is 0 Å². The van der Waals surface area contributed by atoms with Gasteiger partial charge in [0.1, 0.15) is 11.6 Å². The number of nitrogens with zero attached hydrogens (tertiary/aromatic N) is 4. The predicted octanol–water partition coefficient (Wildman–Crippen LogP) is 2.35. The summed E-state index contributed by atoms with van der Waals surface area (Å²) in [7, 11) is 0. The lowest BCUT2D eigenvalue weighted by atomic mass is 10.2. The molecule has 0 saturated carbocycles. The van der Waals surface area contributed by atoms with Crippen molar-refractivity contribution in [1.82, 2.24) is 19.6 Å². The summed E-state index contributed by atoms with van der Waals surface area (Å²) in [4.78, 5) is 8.65. The van der Waals surface area contributed by atoms with E-state index in [4.69, 9.17) is 0 Å². The molecule has 0 radical (unpaired) electrons. The lowest BCUT2D eigenvalue weighted by Crippen LogP contribution is -2.06. The number of benzene rings is 1. The molecule has 2 heterocycles. The van der Waals surface area contributed by atoms with Crippen molar-refractivity contribution >= 4 is 11.6 Å². The van der Waals surface area contributed by atoms with Crippen molar-refractivity contribution < 1.29 is 0 Å². The minimum Gasteiger partial charge on any atom is -0.366 e. The Labute approximate surface area is 111 Å². The number of rotatable bonds is 3. The second-order valence-electron chi connectivity index (χ2n) is 4.49. The number of aromatic nitrogens is 4. The Bertz CT molecular complexity index is 702. The first kappa shape index (κ1) is 11.6. The Morgan fingerprint density at radius 1 is 1.11 bits per heavy atom. The van der Waals surface area contributed by atoms with Crippen LogP contribution in [0.25, 0.3) is 5.78 Å². The van der Waals surface area contributed by atoms with Crippen molar-refractivity contribution in [3.05, 3.63) is 53.5 Å². The number of aryl methyl sites for hydroxylation is 2. The van der Waals surface area contributed by atoms with Gasteiger partial charge in [-0.2, -0.15) is 9.50 Å². The Kier molecular flexibility index (Phi) is 2.87. The van der Waals surface area contributed by atoms with E-state index >= 15 is 0 Å². The van der Waals surface area contributed by atoms with Gasteiger partial charge in [0.2, 0.25) is 0 Å². The maximum atomic E-state index is 4.36. The summed E-state index contributed by atoms with van der Waals surface area (Å²) in [6, 6.07) is 12.2. The molecule has 0 aliphatic rings. The van der Waals surface area contributed by atoms with Crippen LogP contribution in [0.3, 0.4) is 0 Å². The molecule has 3 aromatic rings. The van der Waals surface area contributed by atoms with E-state index in [-0.39, 0.29) is 0 Å². The zero-order valence-electron chi connectivity index (χ0n) is 11.0. The van der Waals surface area contributed by atoms with Gasteiger partial charge >= 0.3 is 0 Å². The average Bonchev–Trinajstić information content (AvgIpc) is 2.77. The molecule has 96 valence electrons. The Morgan fingerprint density at radius 3 is 2.68 bits per heavy atom. The quantitative estimate of drug-likeness (QED) is 0.778. The van der Waals surface area contributed by atoms with Gasteiger partial charge in [0.25, 0.3) is 5.78 Å². The van der Waals surface area contributed by atoms with E-state index in [1.165, 1.54) is 5.56 Å². The third kappa shape index (κ3) is 2.40. The topological polar surface area (TPSA) is 55.1 Å². The largest absolute Gasteiger partial charge is 0.366 e. The highest BCUT2D eigenvalue weighted by molar-refractivity contribution is 5.45. The van der Waals surface area contributed by atoms with E-state index in [1.54, 1.807) is 4.52 Å². The number of anilines is 1. The van der Waals surface area contributed by atoms with Gasteiger partial charge in [-0.05, 0) is 19.4 Å². The van der Waals surface area contributed by atoms with Gasteiger partial charge in [-0.15, -0.1) is 5.10 Å². The fourth-order valence-electron chi connectivity index (χ4n) is 2.00. The van der Waals surface area contributed by atoms with Crippen molar-refractivity contribution in [1.29, 1.82) is 0 Å². The molecule has 0 saturated heterocycles. The van der Waals surface area contributed by atoms with E-state index < -0.39 is 0 Å². The second kappa shape index (κ2) is 4.68. The van der Waals surface area contributed by atoms with Crippen LogP contribution in [0.1, 0.15) is 17.1 Å². The van der Waals surface area contributed by atoms with Gasteiger partial charge in [-0.1, -0.05) is 30.3 Å². The molecule has 1 aromatic carbocycles. The van der Waals surface area contributed by atoms with Gasteiger partial charge < -0.3 is 5.32 Å². The SMILES string of the molecule is Cc1cc(NCc2ccccc2)n2nc(C)nc2n1. The molecule has 0 spiro atoms. The normalized spacial score (nSPS) is 10.8. The van der Waals surface area contributed by atoms with Crippen LogP contribution in [0.2, 0.25) is 0 Å². The van der Waals surface area contributed by atoms with E-state index in [0.717, 1.165) is 23.9 Å². The molecule has 0 aliphatic carbocycles. The highest BCUT2D eigenvalue weighted by atomic mass is 15.4. The summed E-state index contributed by atoms with van der Waals surface area (Å²) in [5.74, 6) is 2.26. The van der Waals surface area contributed by atoms with E-state index in [0.29, 0.717) is 5.78 Å². The van der Waals surface area contributed by atoms with Crippen LogP contribution in [0.4, 0.5) is 5.82 Å². The lowest BCUT2D eigenvalue weighted by Gasteiger charge is -2.08. The molecule has 1 N–H and O–H groups in total. The van der Waals surface area contributed by atoms with Crippen LogP contribution in [-0.2, 0) is 6.54 Å². The minimum absolute atomic E-state index is 0.632. The minimum atomic E-state index is 0.632.